The summed E-state index contributed by atoms with van der Waals surface area (Å²) in [4.78, 5) is 14.5. The molecule has 4 fully saturated rings. The van der Waals surface area contributed by atoms with Crippen molar-refractivity contribution in [2.45, 2.75) is 75.8 Å². The molecule has 0 unspecified atom stereocenters. The predicted octanol–water partition coefficient (Wildman–Crippen LogP) is 4.18. The zero-order valence-corrected chi connectivity index (χ0v) is 16.0. The minimum absolute atomic E-state index is 0.0949. The Hall–Kier alpha value is -1.35. The molecule has 2 bridgehead atoms. The molecule has 1 spiro atoms. The van der Waals surface area contributed by atoms with Crippen LogP contribution in [-0.4, -0.2) is 29.9 Å². The molecular formula is C23H32N2O. The fourth-order valence-corrected chi connectivity index (χ4v) is 6.82. The van der Waals surface area contributed by atoms with Crippen molar-refractivity contribution in [3.63, 3.8) is 0 Å². The van der Waals surface area contributed by atoms with Gasteiger partial charge in [0, 0.05) is 18.4 Å². The van der Waals surface area contributed by atoms with Gasteiger partial charge in [-0.1, -0.05) is 37.1 Å². The topological polar surface area (TPSA) is 32.3 Å². The Kier molecular flexibility index (Phi) is 4.11. The van der Waals surface area contributed by atoms with Crippen LogP contribution in [0.25, 0.3) is 0 Å². The van der Waals surface area contributed by atoms with Crippen LogP contribution < -0.4 is 5.32 Å². The molecule has 1 amide bonds. The highest BCUT2D eigenvalue weighted by Gasteiger charge is 2.47. The monoisotopic (exact) mass is 352 g/mol. The van der Waals surface area contributed by atoms with E-state index in [4.69, 9.17) is 0 Å². The van der Waals surface area contributed by atoms with Crippen LogP contribution >= 0.6 is 0 Å². The van der Waals surface area contributed by atoms with E-state index < -0.39 is 0 Å². The van der Waals surface area contributed by atoms with E-state index in [0.29, 0.717) is 0 Å². The summed E-state index contributed by atoms with van der Waals surface area (Å²) in [6, 6.07) is 9.94. The van der Waals surface area contributed by atoms with Crippen LogP contribution in [-0.2, 0) is 10.2 Å². The summed E-state index contributed by atoms with van der Waals surface area (Å²) in [5.74, 6) is 2.08. The van der Waals surface area contributed by atoms with Gasteiger partial charge in [-0.15, -0.1) is 0 Å². The fourth-order valence-electron chi connectivity index (χ4n) is 6.82. The average molecular weight is 353 g/mol. The van der Waals surface area contributed by atoms with Gasteiger partial charge in [-0.2, -0.15) is 0 Å². The minimum atomic E-state index is 0.0949. The minimum Gasteiger partial charge on any atom is -0.349 e. The number of hydrogen-bond acceptors (Lipinski definition) is 2. The lowest BCUT2D eigenvalue weighted by atomic mass is 9.66. The Morgan fingerprint density at radius 1 is 1.12 bits per heavy atom. The number of fused-ring (bicyclic) bond motifs is 5. The number of hydrogen-bond donors (Lipinski definition) is 1. The first kappa shape index (κ1) is 16.8. The van der Waals surface area contributed by atoms with Crippen LogP contribution in [0, 0.1) is 11.8 Å². The molecule has 3 saturated carbocycles. The summed E-state index contributed by atoms with van der Waals surface area (Å²) >= 11 is 0. The molecule has 26 heavy (non-hydrogen) atoms. The van der Waals surface area contributed by atoms with Crippen molar-refractivity contribution in [2.75, 3.05) is 13.1 Å². The smallest absolute Gasteiger partial charge is 0.217 e. The van der Waals surface area contributed by atoms with Crippen molar-refractivity contribution in [3.8, 4) is 0 Å². The van der Waals surface area contributed by atoms with Gasteiger partial charge in [0.25, 0.3) is 0 Å². The van der Waals surface area contributed by atoms with Crippen LogP contribution in [0.3, 0.4) is 0 Å². The Bertz CT molecular complexity index is 683. The molecule has 1 N–H and O–H groups in total. The van der Waals surface area contributed by atoms with Gasteiger partial charge < -0.3 is 10.2 Å². The lowest BCUT2D eigenvalue weighted by Gasteiger charge is -2.51. The highest BCUT2D eigenvalue weighted by molar-refractivity contribution is 5.73. The van der Waals surface area contributed by atoms with Crippen LogP contribution in [0.1, 0.15) is 75.5 Å². The molecule has 0 aromatic heterocycles. The van der Waals surface area contributed by atoms with Crippen LogP contribution in [0.15, 0.2) is 24.3 Å². The van der Waals surface area contributed by atoms with Crippen molar-refractivity contribution in [1.82, 2.24) is 10.2 Å². The number of likely N-dealkylation sites (tertiary alicyclic amines) is 1. The zero-order chi connectivity index (χ0) is 17.7. The number of rotatable bonds is 2. The second kappa shape index (κ2) is 6.37. The first-order valence-corrected chi connectivity index (χ1v) is 10.8. The maximum atomic E-state index is 11.7. The van der Waals surface area contributed by atoms with E-state index in [-0.39, 0.29) is 17.4 Å². The van der Waals surface area contributed by atoms with Crippen molar-refractivity contribution < 1.29 is 4.79 Å². The lowest BCUT2D eigenvalue weighted by Crippen LogP contribution is -2.52. The summed E-state index contributed by atoms with van der Waals surface area (Å²) in [7, 11) is 0. The molecule has 2 atom stereocenters. The van der Waals surface area contributed by atoms with E-state index in [1.807, 2.05) is 0 Å². The Morgan fingerprint density at radius 2 is 1.85 bits per heavy atom. The summed E-state index contributed by atoms with van der Waals surface area (Å²) in [5.41, 5.74) is 3.17. The lowest BCUT2D eigenvalue weighted by molar-refractivity contribution is -0.119. The molecule has 1 aromatic rings. The van der Waals surface area contributed by atoms with Gasteiger partial charge in [0.2, 0.25) is 5.91 Å². The molecule has 140 valence electrons. The SMILES string of the molecule is CC(=O)N[C@H]1CC2(CCN([C@@H]3CC4CCC3CC4)CC2)c2ccccc21. The van der Waals surface area contributed by atoms with E-state index in [2.05, 4.69) is 34.5 Å². The largest absolute Gasteiger partial charge is 0.349 e. The third-order valence-electron chi connectivity index (χ3n) is 8.11. The second-order valence-electron chi connectivity index (χ2n) is 9.44. The van der Waals surface area contributed by atoms with Crippen LogP contribution in [0.4, 0.5) is 0 Å². The van der Waals surface area contributed by atoms with Crippen molar-refractivity contribution in [2.24, 2.45) is 11.8 Å². The molecule has 0 radical (unpaired) electrons. The number of piperidine rings is 1. The van der Waals surface area contributed by atoms with E-state index in [1.165, 1.54) is 69.2 Å². The Labute approximate surface area is 157 Å². The van der Waals surface area contributed by atoms with E-state index in [1.54, 1.807) is 6.92 Å². The van der Waals surface area contributed by atoms with Gasteiger partial charge in [0.05, 0.1) is 6.04 Å². The molecule has 4 aliphatic carbocycles. The number of nitrogens with zero attached hydrogens (tertiary/aromatic N) is 1. The summed E-state index contributed by atoms with van der Waals surface area (Å²) in [6.45, 7) is 4.14. The number of benzene rings is 1. The summed E-state index contributed by atoms with van der Waals surface area (Å²) in [5, 5.41) is 3.21. The van der Waals surface area contributed by atoms with Crippen molar-refractivity contribution >= 4 is 5.91 Å². The summed E-state index contributed by atoms with van der Waals surface area (Å²) in [6.07, 6.45) is 11.0. The highest BCUT2D eigenvalue weighted by Crippen LogP contribution is 2.52. The molecule has 1 aromatic carbocycles. The standard InChI is InChI=1S/C23H32N2O/c1-16(26)24-21-15-23(20-5-3-2-4-19(20)21)10-12-25(13-11-23)22-14-17-6-8-18(22)9-7-17/h2-5,17-18,21-22H,6-15H2,1H3,(H,24,26)/t17?,18?,21-,22+/m0/s1. The van der Waals surface area contributed by atoms with Gasteiger partial charge in [-0.25, -0.2) is 0 Å². The maximum absolute atomic E-state index is 11.7. The van der Waals surface area contributed by atoms with Gasteiger partial charge in [0.1, 0.15) is 0 Å². The Morgan fingerprint density at radius 3 is 2.50 bits per heavy atom. The van der Waals surface area contributed by atoms with Gasteiger partial charge in [0.15, 0.2) is 0 Å². The normalized spacial score (nSPS) is 35.4. The molecule has 1 aliphatic heterocycles. The number of carbonyl (C=O) groups excluding carboxylic acids is 1. The van der Waals surface area contributed by atoms with Crippen molar-refractivity contribution in [1.29, 1.82) is 0 Å². The van der Waals surface area contributed by atoms with Crippen molar-refractivity contribution in [3.05, 3.63) is 35.4 Å². The Balaban J connectivity index is 1.33. The molecule has 3 nitrogen and oxygen atoms in total. The molecule has 6 rings (SSSR count). The van der Waals surface area contributed by atoms with Crippen LogP contribution in [0.5, 0.6) is 0 Å². The summed E-state index contributed by atoms with van der Waals surface area (Å²) < 4.78 is 0. The third-order valence-corrected chi connectivity index (χ3v) is 8.11. The van der Waals surface area contributed by atoms with E-state index in [9.17, 15) is 4.79 Å². The van der Waals surface area contributed by atoms with E-state index >= 15 is 0 Å². The molecular weight excluding hydrogens is 320 g/mol. The first-order valence-electron chi connectivity index (χ1n) is 10.8. The molecule has 1 saturated heterocycles. The average Bonchev–Trinajstić information content (AvgIpc) is 2.96. The first-order chi connectivity index (χ1) is 12.6. The highest BCUT2D eigenvalue weighted by atomic mass is 16.1. The quantitative estimate of drug-likeness (QED) is 0.866. The zero-order valence-electron chi connectivity index (χ0n) is 16.0. The van der Waals surface area contributed by atoms with Gasteiger partial charge in [-0.3, -0.25) is 4.79 Å². The van der Waals surface area contributed by atoms with Gasteiger partial charge in [-0.05, 0) is 74.6 Å². The number of nitrogens with one attached hydrogen (secondary N) is 1. The molecule has 3 heteroatoms. The molecule has 5 aliphatic rings. The second-order valence-corrected chi connectivity index (χ2v) is 9.44. The third kappa shape index (κ3) is 2.70. The number of amides is 1. The van der Waals surface area contributed by atoms with Crippen LogP contribution in [0.2, 0.25) is 0 Å². The van der Waals surface area contributed by atoms with Gasteiger partial charge >= 0.3 is 0 Å². The van der Waals surface area contributed by atoms with E-state index in [0.717, 1.165) is 24.3 Å². The predicted molar refractivity (Wildman–Crippen MR) is 104 cm³/mol. The number of carbonyl (C=O) groups is 1. The molecule has 1 heterocycles. The fraction of sp³-hybridized carbons (Fsp3) is 0.696. The maximum Gasteiger partial charge on any atom is 0.217 e.